The van der Waals surface area contributed by atoms with Crippen molar-refractivity contribution >= 4 is 5.69 Å². The molecule has 0 radical (unpaired) electrons. The van der Waals surface area contributed by atoms with Gasteiger partial charge < -0.3 is 10.1 Å². The second kappa shape index (κ2) is 5.00. The Morgan fingerprint density at radius 3 is 2.79 bits per heavy atom. The second-order valence-corrected chi connectivity index (χ2v) is 3.46. The van der Waals surface area contributed by atoms with Gasteiger partial charge in [0.05, 0.1) is 18.0 Å². The second-order valence-electron chi connectivity index (χ2n) is 3.46. The largest absolute Gasteiger partial charge is 0.380 e. The van der Waals surface area contributed by atoms with Crippen molar-refractivity contribution in [2.45, 2.75) is 39.5 Å². The van der Waals surface area contributed by atoms with E-state index in [1.807, 2.05) is 24.0 Å². The Hall–Kier alpha value is -1.03. The van der Waals surface area contributed by atoms with Crippen LogP contribution in [0.2, 0.25) is 0 Å². The summed E-state index contributed by atoms with van der Waals surface area (Å²) in [6.45, 7) is 7.10. The molecular formula is C10H19N3O. The lowest BCUT2D eigenvalue weighted by Gasteiger charge is -2.19. The summed E-state index contributed by atoms with van der Waals surface area (Å²) in [7, 11) is 1.72. The molecule has 1 N–H and O–H groups in total. The SMILES string of the molecule is CCn1cc(NC(C)C(C)OC)cn1. The minimum atomic E-state index is 0.194. The van der Waals surface area contributed by atoms with Gasteiger partial charge in [0.15, 0.2) is 0 Å². The zero-order valence-electron chi connectivity index (χ0n) is 9.32. The lowest BCUT2D eigenvalue weighted by Crippen LogP contribution is -2.29. The lowest BCUT2D eigenvalue weighted by molar-refractivity contribution is 0.106. The van der Waals surface area contributed by atoms with Gasteiger partial charge in [-0.25, -0.2) is 0 Å². The number of anilines is 1. The van der Waals surface area contributed by atoms with Gasteiger partial charge in [0.2, 0.25) is 0 Å². The molecule has 0 fully saturated rings. The molecule has 80 valence electrons. The van der Waals surface area contributed by atoms with E-state index < -0.39 is 0 Å². The average molecular weight is 197 g/mol. The molecular weight excluding hydrogens is 178 g/mol. The Balaban J connectivity index is 2.51. The van der Waals surface area contributed by atoms with Crippen LogP contribution in [0.5, 0.6) is 0 Å². The van der Waals surface area contributed by atoms with Gasteiger partial charge in [-0.05, 0) is 20.8 Å². The number of rotatable bonds is 5. The molecule has 0 aromatic carbocycles. The van der Waals surface area contributed by atoms with Crippen molar-refractivity contribution in [3.8, 4) is 0 Å². The molecule has 0 bridgehead atoms. The van der Waals surface area contributed by atoms with E-state index in [1.165, 1.54) is 0 Å². The van der Waals surface area contributed by atoms with E-state index in [-0.39, 0.29) is 12.1 Å². The van der Waals surface area contributed by atoms with Gasteiger partial charge in [0.25, 0.3) is 0 Å². The Morgan fingerprint density at radius 1 is 1.57 bits per heavy atom. The fourth-order valence-electron chi connectivity index (χ4n) is 1.20. The molecule has 0 saturated heterocycles. The summed E-state index contributed by atoms with van der Waals surface area (Å²) < 4.78 is 7.12. The molecule has 1 heterocycles. The summed E-state index contributed by atoms with van der Waals surface area (Å²) in [5, 5.41) is 7.53. The third-order valence-corrected chi connectivity index (χ3v) is 2.43. The van der Waals surface area contributed by atoms with Crippen LogP contribution in [0.15, 0.2) is 12.4 Å². The Morgan fingerprint density at radius 2 is 2.29 bits per heavy atom. The average Bonchev–Trinajstić information content (AvgIpc) is 2.64. The van der Waals surface area contributed by atoms with Crippen LogP contribution in [-0.2, 0) is 11.3 Å². The van der Waals surface area contributed by atoms with Crippen LogP contribution in [0.3, 0.4) is 0 Å². The highest BCUT2D eigenvalue weighted by molar-refractivity contribution is 5.39. The normalized spacial score (nSPS) is 15.1. The third kappa shape index (κ3) is 2.73. The number of aryl methyl sites for hydroxylation is 1. The highest BCUT2D eigenvalue weighted by Gasteiger charge is 2.11. The Kier molecular flexibility index (Phi) is 3.95. The van der Waals surface area contributed by atoms with Gasteiger partial charge in [-0.2, -0.15) is 5.10 Å². The number of ether oxygens (including phenoxy) is 1. The van der Waals surface area contributed by atoms with E-state index in [0.717, 1.165) is 12.2 Å². The number of nitrogens with zero attached hydrogens (tertiary/aromatic N) is 2. The molecule has 4 nitrogen and oxygen atoms in total. The minimum absolute atomic E-state index is 0.194. The van der Waals surface area contributed by atoms with Crippen molar-refractivity contribution in [3.05, 3.63) is 12.4 Å². The first-order chi connectivity index (χ1) is 6.67. The van der Waals surface area contributed by atoms with Crippen LogP contribution in [-0.4, -0.2) is 29.0 Å². The van der Waals surface area contributed by atoms with E-state index in [4.69, 9.17) is 4.74 Å². The van der Waals surface area contributed by atoms with Gasteiger partial charge >= 0.3 is 0 Å². The van der Waals surface area contributed by atoms with Gasteiger partial charge in [-0.1, -0.05) is 0 Å². The third-order valence-electron chi connectivity index (χ3n) is 2.43. The fraction of sp³-hybridized carbons (Fsp3) is 0.700. The highest BCUT2D eigenvalue weighted by Crippen LogP contribution is 2.09. The number of hydrogen-bond acceptors (Lipinski definition) is 3. The predicted octanol–water partition coefficient (Wildman–Crippen LogP) is 1.74. The molecule has 14 heavy (non-hydrogen) atoms. The zero-order valence-corrected chi connectivity index (χ0v) is 9.32. The van der Waals surface area contributed by atoms with Crippen LogP contribution in [0.25, 0.3) is 0 Å². The van der Waals surface area contributed by atoms with Crippen LogP contribution < -0.4 is 5.32 Å². The zero-order chi connectivity index (χ0) is 10.6. The Labute approximate surface area is 85.3 Å². The quantitative estimate of drug-likeness (QED) is 0.781. The predicted molar refractivity (Wildman–Crippen MR) is 57.5 cm³/mol. The summed E-state index contributed by atoms with van der Waals surface area (Å²) >= 11 is 0. The van der Waals surface area contributed by atoms with Crippen LogP contribution in [0.4, 0.5) is 5.69 Å². The van der Waals surface area contributed by atoms with Gasteiger partial charge in [-0.3, -0.25) is 4.68 Å². The molecule has 0 aliphatic rings. The molecule has 1 aromatic heterocycles. The highest BCUT2D eigenvalue weighted by atomic mass is 16.5. The molecule has 0 spiro atoms. The van der Waals surface area contributed by atoms with Crippen molar-refractivity contribution < 1.29 is 4.74 Å². The standard InChI is InChI=1S/C10H19N3O/c1-5-13-7-10(6-11-13)12-8(2)9(3)14-4/h6-9,12H,5H2,1-4H3. The molecule has 1 aromatic rings. The van der Waals surface area contributed by atoms with Gasteiger partial charge in [0, 0.05) is 25.9 Å². The summed E-state index contributed by atoms with van der Waals surface area (Å²) in [5.74, 6) is 0. The Bertz CT molecular complexity index is 272. The van der Waals surface area contributed by atoms with Gasteiger partial charge in [0.1, 0.15) is 0 Å². The maximum absolute atomic E-state index is 5.23. The maximum atomic E-state index is 5.23. The van der Waals surface area contributed by atoms with E-state index in [1.54, 1.807) is 7.11 Å². The van der Waals surface area contributed by atoms with E-state index in [2.05, 4.69) is 24.3 Å². The van der Waals surface area contributed by atoms with Crippen LogP contribution in [0, 0.1) is 0 Å². The summed E-state index contributed by atoms with van der Waals surface area (Å²) in [6, 6.07) is 0.287. The molecule has 0 saturated carbocycles. The molecule has 1 rings (SSSR count). The van der Waals surface area contributed by atoms with E-state index in [9.17, 15) is 0 Å². The molecule has 0 amide bonds. The number of nitrogens with one attached hydrogen (secondary N) is 1. The van der Waals surface area contributed by atoms with Crippen molar-refractivity contribution in [2.24, 2.45) is 0 Å². The number of methoxy groups -OCH3 is 1. The smallest absolute Gasteiger partial charge is 0.0741 e. The van der Waals surface area contributed by atoms with E-state index >= 15 is 0 Å². The summed E-state index contributed by atoms with van der Waals surface area (Å²) in [4.78, 5) is 0. The molecule has 2 atom stereocenters. The molecule has 0 aliphatic carbocycles. The van der Waals surface area contributed by atoms with Gasteiger partial charge in [-0.15, -0.1) is 0 Å². The molecule has 0 aliphatic heterocycles. The van der Waals surface area contributed by atoms with Crippen molar-refractivity contribution in [2.75, 3.05) is 12.4 Å². The minimum Gasteiger partial charge on any atom is -0.380 e. The van der Waals surface area contributed by atoms with Crippen molar-refractivity contribution in [1.82, 2.24) is 9.78 Å². The first-order valence-electron chi connectivity index (χ1n) is 4.99. The topological polar surface area (TPSA) is 39.1 Å². The number of aromatic nitrogens is 2. The first-order valence-corrected chi connectivity index (χ1v) is 4.99. The molecule has 4 heteroatoms. The van der Waals surface area contributed by atoms with Crippen molar-refractivity contribution in [3.63, 3.8) is 0 Å². The summed E-state index contributed by atoms with van der Waals surface area (Å²) in [5.41, 5.74) is 1.04. The maximum Gasteiger partial charge on any atom is 0.0741 e. The number of hydrogen-bond donors (Lipinski definition) is 1. The lowest BCUT2D eigenvalue weighted by atomic mass is 10.2. The van der Waals surface area contributed by atoms with Crippen LogP contribution in [0.1, 0.15) is 20.8 Å². The van der Waals surface area contributed by atoms with Crippen LogP contribution >= 0.6 is 0 Å². The monoisotopic (exact) mass is 197 g/mol. The van der Waals surface area contributed by atoms with Crippen molar-refractivity contribution in [1.29, 1.82) is 0 Å². The molecule has 2 unspecified atom stereocenters. The first kappa shape index (κ1) is 11.0. The van der Waals surface area contributed by atoms with E-state index in [0.29, 0.717) is 0 Å². The fourth-order valence-corrected chi connectivity index (χ4v) is 1.20. The summed E-state index contributed by atoms with van der Waals surface area (Å²) in [6.07, 6.45) is 4.03.